The van der Waals surface area contributed by atoms with Gasteiger partial charge in [-0.05, 0) is 13.0 Å². The van der Waals surface area contributed by atoms with Crippen molar-refractivity contribution in [3.8, 4) is 0 Å². The molecular formula is C6H7NO2S. The second-order valence-electron chi connectivity index (χ2n) is 1.84. The van der Waals surface area contributed by atoms with Crippen molar-refractivity contribution in [1.82, 2.24) is 0 Å². The van der Waals surface area contributed by atoms with Crippen LogP contribution in [0.2, 0.25) is 0 Å². The molecule has 0 amide bonds. The molecule has 10 heavy (non-hydrogen) atoms. The molecule has 0 radical (unpaired) electrons. The average molecular weight is 157 g/mol. The van der Waals surface area contributed by atoms with E-state index in [0.29, 0.717) is 10.6 Å². The smallest absolute Gasteiger partial charge is 0.0929 e. The first-order valence-electron chi connectivity index (χ1n) is 2.74. The third-order valence-electron chi connectivity index (χ3n) is 1.17. The Labute approximate surface area is 61.2 Å². The topological polar surface area (TPSA) is 49.7 Å². The molecule has 1 heterocycles. The van der Waals surface area contributed by atoms with E-state index in [-0.39, 0.29) is 0 Å². The maximum atomic E-state index is 10.9. The highest BCUT2D eigenvalue weighted by molar-refractivity contribution is 7.93. The first-order valence-corrected chi connectivity index (χ1v) is 3.95. The van der Waals surface area contributed by atoms with Crippen molar-refractivity contribution in [3.05, 3.63) is 22.5 Å². The quantitative estimate of drug-likeness (QED) is 0.350. The molecule has 3 nitrogen and oxygen atoms in total. The number of allylic oxidation sites excluding steroid dienone is 3. The maximum absolute atomic E-state index is 10.9. The molecule has 0 aromatic rings. The van der Waals surface area contributed by atoms with Crippen LogP contribution < -0.4 is 0 Å². The van der Waals surface area contributed by atoms with Crippen LogP contribution in [0.1, 0.15) is 6.92 Å². The zero-order valence-electron chi connectivity index (χ0n) is 5.44. The van der Waals surface area contributed by atoms with Crippen molar-refractivity contribution in [2.45, 2.75) is 6.92 Å². The minimum absolute atomic E-state index is 0.406. The van der Waals surface area contributed by atoms with E-state index >= 15 is 0 Å². The van der Waals surface area contributed by atoms with Gasteiger partial charge >= 0.3 is 0 Å². The van der Waals surface area contributed by atoms with Crippen molar-refractivity contribution in [3.63, 3.8) is 0 Å². The molecule has 1 aliphatic heterocycles. The van der Waals surface area contributed by atoms with Crippen LogP contribution >= 0.6 is 0 Å². The normalized spacial score (nSPS) is 25.1. The molecule has 1 N–H and O–H groups in total. The molecule has 0 saturated heterocycles. The molecule has 4 heteroatoms. The van der Waals surface area contributed by atoms with Gasteiger partial charge in [0.25, 0.3) is 0 Å². The number of nitrogens with zero attached hydrogens (tertiary/aromatic N) is 1. The average Bonchev–Trinajstić information content (AvgIpc) is 2.34. The lowest BCUT2D eigenvalue weighted by Crippen LogP contribution is -1.99. The summed E-state index contributed by atoms with van der Waals surface area (Å²) in [4.78, 5) is 0.572. The molecule has 1 rings (SSSR count). The monoisotopic (exact) mass is 157 g/mol. The van der Waals surface area contributed by atoms with Crippen molar-refractivity contribution in [2.24, 2.45) is 5.16 Å². The van der Waals surface area contributed by atoms with Crippen LogP contribution in [0.3, 0.4) is 0 Å². The highest BCUT2D eigenvalue weighted by atomic mass is 32.2. The van der Waals surface area contributed by atoms with Crippen molar-refractivity contribution >= 4 is 16.5 Å². The van der Waals surface area contributed by atoms with Crippen molar-refractivity contribution in [2.75, 3.05) is 0 Å². The molecule has 1 aliphatic rings. The Morgan fingerprint density at radius 3 is 2.90 bits per heavy atom. The fourth-order valence-corrected chi connectivity index (χ4v) is 1.57. The Kier molecular flexibility index (Phi) is 2.01. The Balaban J connectivity index is 2.88. The summed E-state index contributed by atoms with van der Waals surface area (Å²) in [5.74, 6) is 0. The van der Waals surface area contributed by atoms with E-state index in [2.05, 4.69) is 5.16 Å². The second-order valence-corrected chi connectivity index (χ2v) is 3.15. The molecule has 0 saturated carbocycles. The van der Waals surface area contributed by atoms with Gasteiger partial charge in [0.05, 0.1) is 21.4 Å². The van der Waals surface area contributed by atoms with Gasteiger partial charge in [-0.3, -0.25) is 0 Å². The molecule has 0 aliphatic carbocycles. The molecule has 1 atom stereocenters. The van der Waals surface area contributed by atoms with E-state index in [9.17, 15) is 4.21 Å². The van der Waals surface area contributed by atoms with Gasteiger partial charge < -0.3 is 5.21 Å². The first-order chi connectivity index (χ1) is 4.75. The van der Waals surface area contributed by atoms with Crippen LogP contribution in [0.15, 0.2) is 27.6 Å². The SMILES string of the molecule is CC(=NO)C1=CC=CS1=O. The van der Waals surface area contributed by atoms with Crippen LogP contribution in [-0.4, -0.2) is 15.1 Å². The molecule has 0 aromatic heterocycles. The number of hydrogen-bond donors (Lipinski definition) is 1. The minimum Gasteiger partial charge on any atom is -0.411 e. The first kappa shape index (κ1) is 7.21. The predicted octanol–water partition coefficient (Wildman–Crippen LogP) is 0.996. The molecular weight excluding hydrogens is 150 g/mol. The van der Waals surface area contributed by atoms with Gasteiger partial charge in [0.15, 0.2) is 0 Å². The zero-order chi connectivity index (χ0) is 7.56. The lowest BCUT2D eigenvalue weighted by molar-refractivity contribution is 0.319. The third-order valence-corrected chi connectivity index (χ3v) is 2.44. The molecule has 0 spiro atoms. The highest BCUT2D eigenvalue weighted by Gasteiger charge is 2.10. The van der Waals surface area contributed by atoms with E-state index in [0.717, 1.165) is 0 Å². The van der Waals surface area contributed by atoms with E-state index in [4.69, 9.17) is 5.21 Å². The van der Waals surface area contributed by atoms with E-state index < -0.39 is 10.8 Å². The molecule has 1 unspecified atom stereocenters. The summed E-state index contributed by atoms with van der Waals surface area (Å²) < 4.78 is 10.9. The summed E-state index contributed by atoms with van der Waals surface area (Å²) in [5.41, 5.74) is 0.406. The molecule has 0 fully saturated rings. The number of oxime groups is 1. The Bertz CT molecular complexity index is 252. The van der Waals surface area contributed by atoms with Gasteiger partial charge in [0.1, 0.15) is 0 Å². The van der Waals surface area contributed by atoms with Gasteiger partial charge in [-0.1, -0.05) is 11.2 Å². The maximum Gasteiger partial charge on any atom is 0.0929 e. The van der Waals surface area contributed by atoms with Crippen LogP contribution in [0, 0.1) is 0 Å². The van der Waals surface area contributed by atoms with E-state index in [1.165, 1.54) is 0 Å². The summed E-state index contributed by atoms with van der Waals surface area (Å²) in [7, 11) is -1.10. The Morgan fingerprint density at radius 1 is 1.80 bits per heavy atom. The summed E-state index contributed by atoms with van der Waals surface area (Å²) >= 11 is 0. The fraction of sp³-hybridized carbons (Fsp3) is 0.167. The predicted molar refractivity (Wildman–Crippen MR) is 40.3 cm³/mol. The standard InChI is InChI=1S/C6H7NO2S/c1-5(7-8)6-3-2-4-10(6)9/h2-4,8H,1H3. The fourth-order valence-electron chi connectivity index (χ4n) is 0.654. The minimum atomic E-state index is -1.10. The van der Waals surface area contributed by atoms with Gasteiger partial charge in [0, 0.05) is 5.41 Å². The van der Waals surface area contributed by atoms with Gasteiger partial charge in [-0.2, -0.15) is 0 Å². The summed E-state index contributed by atoms with van der Waals surface area (Å²) in [6.45, 7) is 1.61. The van der Waals surface area contributed by atoms with Gasteiger partial charge in [-0.15, -0.1) is 0 Å². The van der Waals surface area contributed by atoms with Crippen LogP contribution in [0.5, 0.6) is 0 Å². The number of rotatable bonds is 1. The highest BCUT2D eigenvalue weighted by Crippen LogP contribution is 2.12. The van der Waals surface area contributed by atoms with Crippen LogP contribution in [0.25, 0.3) is 0 Å². The molecule has 54 valence electrons. The second kappa shape index (κ2) is 2.79. The van der Waals surface area contributed by atoms with Crippen LogP contribution in [-0.2, 0) is 10.8 Å². The number of hydrogen-bond acceptors (Lipinski definition) is 3. The van der Waals surface area contributed by atoms with Crippen LogP contribution in [0.4, 0.5) is 0 Å². The van der Waals surface area contributed by atoms with E-state index in [1.807, 2.05) is 0 Å². The van der Waals surface area contributed by atoms with Crippen molar-refractivity contribution in [1.29, 1.82) is 0 Å². The summed E-state index contributed by atoms with van der Waals surface area (Å²) in [6, 6.07) is 0. The third kappa shape index (κ3) is 1.16. The van der Waals surface area contributed by atoms with Gasteiger partial charge in [0.2, 0.25) is 0 Å². The molecule has 0 aromatic carbocycles. The Hall–Kier alpha value is -0.900. The van der Waals surface area contributed by atoms with Crippen molar-refractivity contribution < 1.29 is 9.42 Å². The zero-order valence-corrected chi connectivity index (χ0v) is 6.26. The van der Waals surface area contributed by atoms with E-state index in [1.54, 1.807) is 24.5 Å². The lowest BCUT2D eigenvalue weighted by Gasteiger charge is -1.94. The largest absolute Gasteiger partial charge is 0.411 e. The summed E-state index contributed by atoms with van der Waals surface area (Å²) in [6.07, 6.45) is 3.35. The Morgan fingerprint density at radius 2 is 2.50 bits per heavy atom. The summed E-state index contributed by atoms with van der Waals surface area (Å²) in [5, 5.41) is 12.8. The molecule has 0 bridgehead atoms. The van der Waals surface area contributed by atoms with Gasteiger partial charge in [-0.25, -0.2) is 4.21 Å². The lowest BCUT2D eigenvalue weighted by atomic mass is 10.4.